The SMILES string of the molecule is Cc1cccc(NC(=O)CC(=O)Nc2ccccc2Cl)c1. The van der Waals surface area contributed by atoms with Gasteiger partial charge in [0.15, 0.2) is 0 Å². The van der Waals surface area contributed by atoms with E-state index in [1.807, 2.05) is 25.1 Å². The van der Waals surface area contributed by atoms with E-state index in [4.69, 9.17) is 11.6 Å². The summed E-state index contributed by atoms with van der Waals surface area (Å²) in [6.07, 6.45) is -0.265. The van der Waals surface area contributed by atoms with Gasteiger partial charge in [-0.2, -0.15) is 0 Å². The molecule has 0 fully saturated rings. The Labute approximate surface area is 128 Å². The second kappa shape index (κ2) is 6.90. The Morgan fingerprint density at radius 3 is 2.43 bits per heavy atom. The normalized spacial score (nSPS) is 10.0. The zero-order valence-electron chi connectivity index (χ0n) is 11.5. The number of nitrogens with one attached hydrogen (secondary N) is 2. The maximum atomic E-state index is 11.8. The van der Waals surface area contributed by atoms with Crippen LogP contribution in [0.4, 0.5) is 11.4 Å². The Hall–Kier alpha value is -2.33. The van der Waals surface area contributed by atoms with Crippen LogP contribution in [0.5, 0.6) is 0 Å². The molecule has 108 valence electrons. The Bertz CT molecular complexity index is 671. The fourth-order valence-electron chi connectivity index (χ4n) is 1.83. The molecule has 0 unspecified atom stereocenters. The van der Waals surface area contributed by atoms with Crippen LogP contribution in [-0.4, -0.2) is 11.8 Å². The van der Waals surface area contributed by atoms with Gasteiger partial charge in [-0.25, -0.2) is 0 Å². The van der Waals surface area contributed by atoms with E-state index in [-0.39, 0.29) is 12.3 Å². The van der Waals surface area contributed by atoms with E-state index in [9.17, 15) is 9.59 Å². The van der Waals surface area contributed by atoms with E-state index in [1.165, 1.54) is 0 Å². The number of halogens is 1. The average Bonchev–Trinajstić information content (AvgIpc) is 2.41. The van der Waals surface area contributed by atoms with E-state index >= 15 is 0 Å². The molecule has 0 aliphatic carbocycles. The van der Waals surface area contributed by atoms with Gasteiger partial charge in [-0.1, -0.05) is 35.9 Å². The number of carbonyl (C=O) groups excluding carboxylic acids is 2. The minimum atomic E-state index is -0.409. The highest BCUT2D eigenvalue weighted by atomic mass is 35.5. The first-order valence-corrected chi connectivity index (χ1v) is 6.83. The van der Waals surface area contributed by atoms with Gasteiger partial charge < -0.3 is 10.6 Å². The minimum absolute atomic E-state index is 0.265. The van der Waals surface area contributed by atoms with E-state index in [1.54, 1.807) is 30.3 Å². The maximum Gasteiger partial charge on any atom is 0.233 e. The Kier molecular flexibility index (Phi) is 4.95. The first-order valence-electron chi connectivity index (χ1n) is 6.45. The number of para-hydroxylation sites is 1. The summed E-state index contributed by atoms with van der Waals surface area (Å²) in [4.78, 5) is 23.6. The molecule has 0 aliphatic heterocycles. The molecule has 0 spiro atoms. The smallest absolute Gasteiger partial charge is 0.233 e. The van der Waals surface area contributed by atoms with E-state index in [0.29, 0.717) is 16.4 Å². The second-order valence-electron chi connectivity index (χ2n) is 4.62. The van der Waals surface area contributed by atoms with Crippen molar-refractivity contribution in [2.24, 2.45) is 0 Å². The van der Waals surface area contributed by atoms with Crippen molar-refractivity contribution in [3.8, 4) is 0 Å². The van der Waals surface area contributed by atoms with Crippen LogP contribution in [0.3, 0.4) is 0 Å². The summed E-state index contributed by atoms with van der Waals surface area (Å²) in [6, 6.07) is 14.3. The van der Waals surface area contributed by atoms with Gasteiger partial charge in [0, 0.05) is 5.69 Å². The van der Waals surface area contributed by atoms with Crippen LogP contribution in [0.15, 0.2) is 48.5 Å². The number of rotatable bonds is 4. The summed E-state index contributed by atoms with van der Waals surface area (Å²) < 4.78 is 0. The van der Waals surface area contributed by atoms with Crippen molar-refractivity contribution >= 4 is 34.8 Å². The largest absolute Gasteiger partial charge is 0.326 e. The summed E-state index contributed by atoms with van der Waals surface area (Å²) in [5.74, 6) is -0.779. The fourth-order valence-corrected chi connectivity index (χ4v) is 2.01. The molecule has 4 nitrogen and oxygen atoms in total. The quantitative estimate of drug-likeness (QED) is 0.848. The van der Waals surface area contributed by atoms with Gasteiger partial charge in [0.05, 0.1) is 10.7 Å². The number of aryl methyl sites for hydroxylation is 1. The van der Waals surface area contributed by atoms with Crippen LogP contribution in [0.25, 0.3) is 0 Å². The summed E-state index contributed by atoms with van der Waals surface area (Å²) in [5.41, 5.74) is 2.20. The Balaban J connectivity index is 1.91. The predicted octanol–water partition coefficient (Wildman–Crippen LogP) is 3.62. The molecule has 0 saturated heterocycles. The fraction of sp³-hybridized carbons (Fsp3) is 0.125. The number of anilines is 2. The third kappa shape index (κ3) is 4.61. The summed E-state index contributed by atoms with van der Waals surface area (Å²) in [5, 5.41) is 5.72. The van der Waals surface area contributed by atoms with Crippen molar-refractivity contribution in [2.75, 3.05) is 10.6 Å². The molecule has 2 aromatic carbocycles. The van der Waals surface area contributed by atoms with Crippen LogP contribution in [0.1, 0.15) is 12.0 Å². The molecule has 2 aromatic rings. The minimum Gasteiger partial charge on any atom is -0.326 e. The third-order valence-corrected chi connectivity index (χ3v) is 3.10. The zero-order chi connectivity index (χ0) is 15.2. The lowest BCUT2D eigenvalue weighted by Crippen LogP contribution is -2.21. The highest BCUT2D eigenvalue weighted by molar-refractivity contribution is 6.33. The van der Waals surface area contributed by atoms with Gasteiger partial charge in [-0.15, -0.1) is 0 Å². The van der Waals surface area contributed by atoms with Crippen LogP contribution >= 0.6 is 11.6 Å². The molecule has 0 bridgehead atoms. The van der Waals surface area contributed by atoms with Gasteiger partial charge in [0.2, 0.25) is 11.8 Å². The molecule has 0 aliphatic rings. The lowest BCUT2D eigenvalue weighted by molar-refractivity contribution is -0.123. The van der Waals surface area contributed by atoms with Gasteiger partial charge in [0.1, 0.15) is 6.42 Å². The molecule has 2 amide bonds. The molecule has 21 heavy (non-hydrogen) atoms. The van der Waals surface area contributed by atoms with Crippen molar-refractivity contribution in [1.29, 1.82) is 0 Å². The maximum absolute atomic E-state index is 11.8. The van der Waals surface area contributed by atoms with E-state index < -0.39 is 5.91 Å². The first kappa shape index (κ1) is 15.1. The molecule has 0 heterocycles. The van der Waals surface area contributed by atoms with Gasteiger partial charge in [0.25, 0.3) is 0 Å². The highest BCUT2D eigenvalue weighted by Gasteiger charge is 2.11. The van der Waals surface area contributed by atoms with E-state index in [2.05, 4.69) is 10.6 Å². The topological polar surface area (TPSA) is 58.2 Å². The van der Waals surface area contributed by atoms with Gasteiger partial charge >= 0.3 is 0 Å². The van der Waals surface area contributed by atoms with Crippen molar-refractivity contribution in [3.05, 3.63) is 59.1 Å². The lowest BCUT2D eigenvalue weighted by atomic mass is 10.2. The summed E-state index contributed by atoms with van der Waals surface area (Å²) in [7, 11) is 0. The molecule has 0 aromatic heterocycles. The van der Waals surface area contributed by atoms with E-state index in [0.717, 1.165) is 5.56 Å². The molecule has 0 saturated carbocycles. The third-order valence-electron chi connectivity index (χ3n) is 2.77. The lowest BCUT2D eigenvalue weighted by Gasteiger charge is -2.08. The number of carbonyl (C=O) groups is 2. The van der Waals surface area contributed by atoms with Crippen LogP contribution in [0, 0.1) is 6.92 Å². The number of hydrogen-bond donors (Lipinski definition) is 2. The Morgan fingerprint density at radius 1 is 1.00 bits per heavy atom. The molecule has 0 radical (unpaired) electrons. The Morgan fingerprint density at radius 2 is 1.71 bits per heavy atom. The first-order chi connectivity index (χ1) is 10.0. The van der Waals surface area contributed by atoms with Crippen LogP contribution < -0.4 is 10.6 Å². The number of hydrogen-bond acceptors (Lipinski definition) is 2. The number of amides is 2. The molecular weight excluding hydrogens is 288 g/mol. The second-order valence-corrected chi connectivity index (χ2v) is 5.03. The number of benzene rings is 2. The average molecular weight is 303 g/mol. The zero-order valence-corrected chi connectivity index (χ0v) is 12.3. The monoisotopic (exact) mass is 302 g/mol. The standard InChI is InChI=1S/C16H15ClN2O2/c1-11-5-4-6-12(9-11)18-15(20)10-16(21)19-14-8-3-2-7-13(14)17/h2-9H,10H2,1H3,(H,18,20)(H,19,21). The van der Waals surface area contributed by atoms with Crippen molar-refractivity contribution in [2.45, 2.75) is 13.3 Å². The molecule has 2 N–H and O–H groups in total. The highest BCUT2D eigenvalue weighted by Crippen LogP contribution is 2.20. The molecule has 5 heteroatoms. The predicted molar refractivity (Wildman–Crippen MR) is 84.5 cm³/mol. The molecule has 0 atom stereocenters. The van der Waals surface area contributed by atoms with Crippen molar-refractivity contribution in [3.63, 3.8) is 0 Å². The summed E-state index contributed by atoms with van der Waals surface area (Å²) in [6.45, 7) is 1.93. The van der Waals surface area contributed by atoms with Crippen LogP contribution in [0.2, 0.25) is 5.02 Å². The molecular formula is C16H15ClN2O2. The van der Waals surface area contributed by atoms with Gasteiger partial charge in [-0.3, -0.25) is 9.59 Å². The van der Waals surface area contributed by atoms with Crippen LogP contribution in [-0.2, 0) is 9.59 Å². The van der Waals surface area contributed by atoms with Crippen molar-refractivity contribution < 1.29 is 9.59 Å². The van der Waals surface area contributed by atoms with Gasteiger partial charge in [-0.05, 0) is 36.8 Å². The summed E-state index contributed by atoms with van der Waals surface area (Å²) >= 11 is 5.94. The molecule has 2 rings (SSSR count). The van der Waals surface area contributed by atoms with Crippen molar-refractivity contribution in [1.82, 2.24) is 0 Å².